The zero-order chi connectivity index (χ0) is 20.1. The molecule has 0 radical (unpaired) electrons. The van der Waals surface area contributed by atoms with Gasteiger partial charge in [0.1, 0.15) is 5.00 Å². The third-order valence-corrected chi connectivity index (χ3v) is 6.69. The van der Waals surface area contributed by atoms with Gasteiger partial charge >= 0.3 is 0 Å². The van der Waals surface area contributed by atoms with Gasteiger partial charge in [0, 0.05) is 5.69 Å². The summed E-state index contributed by atoms with van der Waals surface area (Å²) in [6.45, 7) is 4.16. The number of carbonyl (C=O) groups is 2. The second-order valence-corrected chi connectivity index (χ2v) is 8.94. The number of benzene rings is 1. The predicted molar refractivity (Wildman–Crippen MR) is 116 cm³/mol. The fourth-order valence-electron chi connectivity index (χ4n) is 2.52. The SMILES string of the molecule is CCc1cccc(C)c1Nc1nnc(SCC(=O)Nc2sccc2C(N)=O)s1. The summed E-state index contributed by atoms with van der Waals surface area (Å²) in [5.74, 6) is -0.631. The number of aryl methyl sites for hydroxylation is 2. The highest BCUT2D eigenvalue weighted by Crippen LogP contribution is 2.31. The van der Waals surface area contributed by atoms with Crippen molar-refractivity contribution in [1.29, 1.82) is 0 Å². The number of aromatic nitrogens is 2. The standard InChI is InChI=1S/C18H19N5O2S3/c1-3-11-6-4-5-10(2)14(11)21-17-22-23-18(28-17)27-9-13(24)20-16-12(15(19)25)7-8-26-16/h4-8H,3,9H2,1-2H3,(H2,19,25)(H,20,24)(H,21,22). The molecule has 0 saturated heterocycles. The molecule has 0 bridgehead atoms. The molecule has 146 valence electrons. The van der Waals surface area contributed by atoms with Gasteiger partial charge in [-0.25, -0.2) is 0 Å². The molecular formula is C18H19N5O2S3. The number of hydrogen-bond acceptors (Lipinski definition) is 8. The zero-order valence-electron chi connectivity index (χ0n) is 15.3. The lowest BCUT2D eigenvalue weighted by atomic mass is 10.1. The summed E-state index contributed by atoms with van der Waals surface area (Å²) in [7, 11) is 0. The number of anilines is 3. The minimum Gasteiger partial charge on any atom is -0.366 e. The van der Waals surface area contributed by atoms with E-state index < -0.39 is 5.91 Å². The summed E-state index contributed by atoms with van der Waals surface area (Å²) < 4.78 is 0.686. The number of carbonyl (C=O) groups excluding carboxylic acids is 2. The Hall–Kier alpha value is -2.43. The van der Waals surface area contributed by atoms with Crippen molar-refractivity contribution in [2.24, 2.45) is 5.73 Å². The Bertz CT molecular complexity index is 999. The molecule has 0 aliphatic carbocycles. The smallest absolute Gasteiger partial charge is 0.251 e. The van der Waals surface area contributed by atoms with Crippen molar-refractivity contribution in [3.8, 4) is 0 Å². The van der Waals surface area contributed by atoms with Crippen LogP contribution in [0.25, 0.3) is 0 Å². The topological polar surface area (TPSA) is 110 Å². The lowest BCUT2D eigenvalue weighted by Gasteiger charge is -2.11. The Morgan fingerprint density at radius 3 is 2.82 bits per heavy atom. The maximum Gasteiger partial charge on any atom is 0.251 e. The summed E-state index contributed by atoms with van der Waals surface area (Å²) in [5, 5.41) is 17.2. The molecule has 2 amide bonds. The molecule has 2 heterocycles. The van der Waals surface area contributed by atoms with E-state index in [2.05, 4.69) is 33.8 Å². The normalized spacial score (nSPS) is 10.6. The quantitative estimate of drug-likeness (QED) is 0.462. The number of thioether (sulfide) groups is 1. The average Bonchev–Trinajstić information content (AvgIpc) is 3.31. The lowest BCUT2D eigenvalue weighted by Crippen LogP contribution is -2.17. The van der Waals surface area contributed by atoms with Crippen molar-refractivity contribution in [1.82, 2.24) is 10.2 Å². The number of primary amides is 1. The molecule has 0 aliphatic rings. The molecule has 7 nitrogen and oxygen atoms in total. The molecule has 0 aliphatic heterocycles. The van der Waals surface area contributed by atoms with E-state index in [0.717, 1.165) is 17.7 Å². The van der Waals surface area contributed by atoms with Crippen molar-refractivity contribution in [3.63, 3.8) is 0 Å². The number of hydrogen-bond donors (Lipinski definition) is 3. The number of nitrogens with two attached hydrogens (primary N) is 1. The average molecular weight is 434 g/mol. The van der Waals surface area contributed by atoms with Gasteiger partial charge in [0.25, 0.3) is 5.91 Å². The predicted octanol–water partition coefficient (Wildman–Crippen LogP) is 4.04. The van der Waals surface area contributed by atoms with E-state index in [1.807, 2.05) is 19.1 Å². The van der Waals surface area contributed by atoms with E-state index in [1.165, 1.54) is 40.0 Å². The highest BCUT2D eigenvalue weighted by molar-refractivity contribution is 8.01. The van der Waals surface area contributed by atoms with Crippen LogP contribution < -0.4 is 16.4 Å². The molecule has 0 fully saturated rings. The molecule has 1 aromatic carbocycles. The van der Waals surface area contributed by atoms with Crippen molar-refractivity contribution in [2.45, 2.75) is 24.6 Å². The second kappa shape index (κ2) is 9.18. The maximum atomic E-state index is 12.1. The molecule has 10 heteroatoms. The molecule has 28 heavy (non-hydrogen) atoms. The van der Waals surface area contributed by atoms with E-state index in [9.17, 15) is 9.59 Å². The second-order valence-electron chi connectivity index (χ2n) is 5.83. The first-order chi connectivity index (χ1) is 13.5. The molecule has 4 N–H and O–H groups in total. The Morgan fingerprint density at radius 1 is 1.25 bits per heavy atom. The van der Waals surface area contributed by atoms with Gasteiger partial charge in [0.2, 0.25) is 11.0 Å². The Balaban J connectivity index is 1.59. The molecule has 3 rings (SSSR count). The third kappa shape index (κ3) is 4.89. The largest absolute Gasteiger partial charge is 0.366 e. The van der Waals surface area contributed by atoms with Gasteiger partial charge in [-0.05, 0) is 35.9 Å². The third-order valence-electron chi connectivity index (χ3n) is 3.89. The van der Waals surface area contributed by atoms with Gasteiger partial charge in [-0.15, -0.1) is 21.5 Å². The Labute approximate surface area is 174 Å². The number of nitrogens with one attached hydrogen (secondary N) is 2. The monoisotopic (exact) mass is 433 g/mol. The number of thiophene rings is 1. The summed E-state index contributed by atoms with van der Waals surface area (Å²) in [4.78, 5) is 23.5. The van der Waals surface area contributed by atoms with Crippen LogP contribution in [0.4, 0.5) is 15.8 Å². The highest BCUT2D eigenvalue weighted by atomic mass is 32.2. The van der Waals surface area contributed by atoms with Crippen LogP contribution in [-0.2, 0) is 11.2 Å². The van der Waals surface area contributed by atoms with Crippen molar-refractivity contribution < 1.29 is 9.59 Å². The molecule has 0 saturated carbocycles. The zero-order valence-corrected chi connectivity index (χ0v) is 17.8. The summed E-state index contributed by atoms with van der Waals surface area (Å²) in [5.41, 5.74) is 9.00. The van der Waals surface area contributed by atoms with Gasteiger partial charge in [-0.3, -0.25) is 9.59 Å². The lowest BCUT2D eigenvalue weighted by molar-refractivity contribution is -0.113. The summed E-state index contributed by atoms with van der Waals surface area (Å²) >= 11 is 3.94. The van der Waals surface area contributed by atoms with Crippen LogP contribution in [0.15, 0.2) is 34.0 Å². The van der Waals surface area contributed by atoms with E-state index in [-0.39, 0.29) is 11.7 Å². The molecular weight excluding hydrogens is 414 g/mol. The van der Waals surface area contributed by atoms with Crippen molar-refractivity contribution >= 4 is 62.1 Å². The van der Waals surface area contributed by atoms with Gasteiger partial charge in [-0.2, -0.15) is 0 Å². The molecule has 3 aromatic rings. The van der Waals surface area contributed by atoms with Gasteiger partial charge in [0.15, 0.2) is 4.34 Å². The Kier molecular flexibility index (Phi) is 6.65. The minimum absolute atomic E-state index is 0.162. The van der Waals surface area contributed by atoms with Crippen molar-refractivity contribution in [2.75, 3.05) is 16.4 Å². The van der Waals surface area contributed by atoms with Crippen LogP contribution in [-0.4, -0.2) is 27.8 Å². The highest BCUT2D eigenvalue weighted by Gasteiger charge is 2.14. The van der Waals surface area contributed by atoms with E-state index >= 15 is 0 Å². The number of nitrogens with zero attached hydrogens (tertiary/aromatic N) is 2. The fraction of sp³-hybridized carbons (Fsp3) is 0.222. The van der Waals surface area contributed by atoms with E-state index in [0.29, 0.717) is 20.0 Å². The van der Waals surface area contributed by atoms with Crippen LogP contribution in [0, 0.1) is 6.92 Å². The summed E-state index contributed by atoms with van der Waals surface area (Å²) in [6.07, 6.45) is 0.917. The molecule has 0 spiro atoms. The maximum absolute atomic E-state index is 12.1. The van der Waals surface area contributed by atoms with Gasteiger partial charge in [0.05, 0.1) is 11.3 Å². The first-order valence-electron chi connectivity index (χ1n) is 8.47. The van der Waals surface area contributed by atoms with Gasteiger partial charge in [-0.1, -0.05) is 48.2 Å². The van der Waals surface area contributed by atoms with Gasteiger partial charge < -0.3 is 16.4 Å². The minimum atomic E-state index is -0.563. The first-order valence-corrected chi connectivity index (χ1v) is 11.1. The number of para-hydroxylation sites is 1. The molecule has 2 aromatic heterocycles. The Morgan fingerprint density at radius 2 is 2.07 bits per heavy atom. The number of amides is 2. The fourth-order valence-corrected chi connectivity index (χ4v) is 4.88. The van der Waals surface area contributed by atoms with Crippen LogP contribution in [0.2, 0.25) is 0 Å². The van der Waals surface area contributed by atoms with Crippen LogP contribution in [0.1, 0.15) is 28.4 Å². The van der Waals surface area contributed by atoms with Crippen LogP contribution in [0.5, 0.6) is 0 Å². The van der Waals surface area contributed by atoms with E-state index in [4.69, 9.17) is 5.73 Å². The van der Waals surface area contributed by atoms with E-state index in [1.54, 1.807) is 11.4 Å². The van der Waals surface area contributed by atoms with Crippen LogP contribution in [0.3, 0.4) is 0 Å². The number of rotatable bonds is 8. The van der Waals surface area contributed by atoms with Crippen LogP contribution >= 0.6 is 34.4 Å². The molecule has 0 atom stereocenters. The molecule has 0 unspecified atom stereocenters. The first kappa shape index (κ1) is 20.3. The summed E-state index contributed by atoms with van der Waals surface area (Å²) in [6, 6.07) is 7.76. The van der Waals surface area contributed by atoms with Crippen molar-refractivity contribution in [3.05, 3.63) is 46.3 Å².